The summed E-state index contributed by atoms with van der Waals surface area (Å²) >= 11 is 9.53. The second kappa shape index (κ2) is 17.4. The Bertz CT molecular complexity index is 339. The number of aliphatic hydroxyl groups excluding tert-OH is 1. The summed E-state index contributed by atoms with van der Waals surface area (Å²) in [5.74, 6) is 2.49. The van der Waals surface area contributed by atoms with Gasteiger partial charge in [0.25, 0.3) is 0 Å². The van der Waals surface area contributed by atoms with Crippen molar-refractivity contribution in [2.75, 3.05) is 5.34 Å². The van der Waals surface area contributed by atoms with Gasteiger partial charge in [0.05, 0.1) is 11.4 Å². The van der Waals surface area contributed by atoms with E-state index in [1.165, 1.54) is 18.4 Å². The molecular weight excluding hydrogens is 355 g/mol. The van der Waals surface area contributed by atoms with Crippen LogP contribution in [0.25, 0.3) is 0 Å². The Morgan fingerprint density at radius 1 is 1.20 bits per heavy atom. The van der Waals surface area contributed by atoms with Crippen LogP contribution in [0.2, 0.25) is 0 Å². The molecule has 0 bridgehead atoms. The lowest BCUT2D eigenvalue weighted by atomic mass is 9.75. The number of carbonyl (C=O) groups is 1. The van der Waals surface area contributed by atoms with Gasteiger partial charge < -0.3 is 9.90 Å². The smallest absolute Gasteiger partial charge is 0.120 e. The standard InChI is InChI=1S/C10H20O.C10H18O.CH2Cl2/c1-7(2)9-5-4-8(3)6-10(9)11;1-9(2)5-4-6-10(3)7-8-11;2-1-3/h7-11H,4-6H2,1-3H3;5,8,10H,4,6-7H2,1-3H3;1H2/t8-,9+,10-;10-;/m11./s1. The first-order valence-corrected chi connectivity index (χ1v) is 10.6. The number of hydrogen-bond acceptors (Lipinski definition) is 2. The molecule has 1 saturated carbocycles. The van der Waals surface area contributed by atoms with E-state index in [0.717, 1.165) is 31.5 Å². The molecule has 1 rings (SSSR count). The summed E-state index contributed by atoms with van der Waals surface area (Å²) < 4.78 is 0. The molecule has 1 fully saturated rings. The van der Waals surface area contributed by atoms with Crippen molar-refractivity contribution < 1.29 is 9.90 Å². The Morgan fingerprint density at radius 2 is 1.76 bits per heavy atom. The van der Waals surface area contributed by atoms with Gasteiger partial charge in [-0.2, -0.15) is 0 Å². The van der Waals surface area contributed by atoms with Gasteiger partial charge in [-0.15, -0.1) is 23.2 Å². The van der Waals surface area contributed by atoms with Crippen molar-refractivity contribution in [1.82, 2.24) is 0 Å². The van der Waals surface area contributed by atoms with Crippen LogP contribution in [0.4, 0.5) is 0 Å². The van der Waals surface area contributed by atoms with Crippen LogP contribution in [0.15, 0.2) is 11.6 Å². The highest BCUT2D eigenvalue weighted by atomic mass is 35.5. The Kier molecular flexibility index (Phi) is 18.9. The van der Waals surface area contributed by atoms with Gasteiger partial charge in [-0.3, -0.25) is 0 Å². The van der Waals surface area contributed by atoms with Crippen molar-refractivity contribution in [3.8, 4) is 0 Å². The fourth-order valence-electron chi connectivity index (χ4n) is 3.09. The minimum Gasteiger partial charge on any atom is -0.393 e. The van der Waals surface area contributed by atoms with Crippen LogP contribution in [0.1, 0.15) is 80.1 Å². The first-order valence-electron chi connectivity index (χ1n) is 9.56. The van der Waals surface area contributed by atoms with E-state index in [2.05, 4.69) is 47.6 Å². The Hall–Kier alpha value is -0.0500. The third kappa shape index (κ3) is 17.1. The highest BCUT2D eigenvalue weighted by Crippen LogP contribution is 2.33. The Morgan fingerprint density at radius 3 is 2.16 bits per heavy atom. The molecular formula is C21H40Cl2O2. The van der Waals surface area contributed by atoms with E-state index in [4.69, 9.17) is 23.2 Å². The Labute approximate surface area is 166 Å². The van der Waals surface area contributed by atoms with E-state index >= 15 is 0 Å². The molecule has 4 heteroatoms. The average molecular weight is 395 g/mol. The molecule has 0 saturated heterocycles. The predicted molar refractivity (Wildman–Crippen MR) is 112 cm³/mol. The monoisotopic (exact) mass is 394 g/mol. The number of aliphatic hydroxyl groups is 1. The molecule has 0 aliphatic heterocycles. The van der Waals surface area contributed by atoms with Crippen molar-refractivity contribution >= 4 is 29.5 Å². The Balaban J connectivity index is 0. The fourth-order valence-corrected chi connectivity index (χ4v) is 3.09. The number of carbonyl (C=O) groups excluding carboxylic acids is 1. The van der Waals surface area contributed by atoms with E-state index in [9.17, 15) is 9.90 Å². The van der Waals surface area contributed by atoms with Crippen molar-refractivity contribution in [3.05, 3.63) is 11.6 Å². The minimum absolute atomic E-state index is 0.0289. The number of alkyl halides is 2. The molecule has 0 aromatic heterocycles. The summed E-state index contributed by atoms with van der Waals surface area (Å²) in [5.41, 5.74) is 1.36. The molecule has 0 radical (unpaired) electrons. The molecule has 1 aliphatic carbocycles. The van der Waals surface area contributed by atoms with E-state index in [1.54, 1.807) is 0 Å². The molecule has 4 atom stereocenters. The molecule has 0 amide bonds. The summed E-state index contributed by atoms with van der Waals surface area (Å²) in [6, 6.07) is 0. The second-order valence-corrected chi connectivity index (χ2v) is 8.67. The van der Waals surface area contributed by atoms with Crippen molar-refractivity contribution in [2.24, 2.45) is 23.7 Å². The number of allylic oxidation sites excluding steroid dienone is 2. The summed E-state index contributed by atoms with van der Waals surface area (Å²) in [5, 5.41) is 9.90. The van der Waals surface area contributed by atoms with Crippen LogP contribution in [0.5, 0.6) is 0 Å². The second-order valence-electron chi connectivity index (χ2n) is 7.86. The zero-order valence-corrected chi connectivity index (χ0v) is 18.6. The molecule has 2 nitrogen and oxygen atoms in total. The number of halogens is 2. The topological polar surface area (TPSA) is 37.3 Å². The number of rotatable bonds is 6. The molecule has 1 N–H and O–H groups in total. The third-order valence-corrected chi connectivity index (χ3v) is 4.70. The zero-order chi connectivity index (χ0) is 19.8. The molecule has 0 unspecified atom stereocenters. The summed E-state index contributed by atoms with van der Waals surface area (Å²) in [6.07, 6.45) is 9.69. The highest BCUT2D eigenvalue weighted by Gasteiger charge is 2.28. The van der Waals surface area contributed by atoms with Gasteiger partial charge in [0.1, 0.15) is 6.29 Å². The molecule has 150 valence electrons. The minimum atomic E-state index is -0.0289. The molecule has 0 spiro atoms. The summed E-state index contributed by atoms with van der Waals surface area (Å²) in [4.78, 5) is 10.1. The van der Waals surface area contributed by atoms with Gasteiger partial charge in [-0.05, 0) is 63.2 Å². The van der Waals surface area contributed by atoms with Gasteiger partial charge in [-0.1, -0.05) is 45.8 Å². The fraction of sp³-hybridized carbons (Fsp3) is 0.857. The van der Waals surface area contributed by atoms with Crippen LogP contribution in [0.3, 0.4) is 0 Å². The largest absolute Gasteiger partial charge is 0.393 e. The van der Waals surface area contributed by atoms with Crippen LogP contribution in [-0.4, -0.2) is 22.8 Å². The molecule has 0 heterocycles. The predicted octanol–water partition coefficient (Wildman–Crippen LogP) is 6.82. The van der Waals surface area contributed by atoms with E-state index in [0.29, 0.717) is 24.2 Å². The molecule has 1 aliphatic rings. The maximum absolute atomic E-state index is 10.1. The average Bonchev–Trinajstić information content (AvgIpc) is 2.48. The van der Waals surface area contributed by atoms with Gasteiger partial charge in [0, 0.05) is 6.42 Å². The van der Waals surface area contributed by atoms with Gasteiger partial charge in [0.2, 0.25) is 0 Å². The van der Waals surface area contributed by atoms with Crippen LogP contribution < -0.4 is 0 Å². The van der Waals surface area contributed by atoms with Crippen LogP contribution in [-0.2, 0) is 4.79 Å². The maximum Gasteiger partial charge on any atom is 0.120 e. The van der Waals surface area contributed by atoms with Crippen molar-refractivity contribution in [2.45, 2.75) is 86.2 Å². The van der Waals surface area contributed by atoms with E-state index in [1.807, 2.05) is 0 Å². The number of hydrogen-bond donors (Lipinski definition) is 1. The lowest BCUT2D eigenvalue weighted by Gasteiger charge is -2.33. The first-order chi connectivity index (χ1) is 11.7. The van der Waals surface area contributed by atoms with Gasteiger partial charge in [-0.25, -0.2) is 0 Å². The van der Waals surface area contributed by atoms with Crippen LogP contribution in [0, 0.1) is 23.7 Å². The molecule has 0 aromatic carbocycles. The van der Waals surface area contributed by atoms with Gasteiger partial charge in [0.15, 0.2) is 0 Å². The SMILES string of the molecule is CC(C)=CCC[C@@H](C)CC=O.CC(C)[C@@H]1CC[C@@H](C)C[C@H]1O.ClCCl. The van der Waals surface area contributed by atoms with E-state index in [-0.39, 0.29) is 11.4 Å². The third-order valence-electron chi connectivity index (χ3n) is 4.70. The zero-order valence-electron chi connectivity index (χ0n) is 17.1. The molecule has 25 heavy (non-hydrogen) atoms. The first kappa shape index (κ1) is 27.2. The van der Waals surface area contributed by atoms with Crippen LogP contribution >= 0.6 is 23.2 Å². The maximum atomic E-state index is 10.1. The normalized spacial score (nSPS) is 23.5. The van der Waals surface area contributed by atoms with Crippen molar-refractivity contribution in [3.63, 3.8) is 0 Å². The van der Waals surface area contributed by atoms with Crippen molar-refractivity contribution in [1.29, 1.82) is 0 Å². The molecule has 0 aromatic rings. The highest BCUT2D eigenvalue weighted by molar-refractivity contribution is 6.40. The lowest BCUT2D eigenvalue weighted by molar-refractivity contribution is -0.108. The van der Waals surface area contributed by atoms with Gasteiger partial charge >= 0.3 is 0 Å². The quantitative estimate of drug-likeness (QED) is 0.304. The summed E-state index contributed by atoms with van der Waals surface area (Å²) in [6.45, 7) is 13.0. The lowest BCUT2D eigenvalue weighted by Crippen LogP contribution is -2.31. The van der Waals surface area contributed by atoms with E-state index < -0.39 is 0 Å². The number of aldehydes is 1. The summed E-state index contributed by atoms with van der Waals surface area (Å²) in [7, 11) is 0.